The third-order valence-corrected chi connectivity index (χ3v) is 6.77. The van der Waals surface area contributed by atoms with Crippen molar-refractivity contribution in [3.63, 3.8) is 0 Å². The van der Waals surface area contributed by atoms with E-state index in [0.29, 0.717) is 4.96 Å². The molecule has 2 atom stereocenters. The minimum absolute atomic E-state index is 0.109. The zero-order valence-electron chi connectivity index (χ0n) is 16.1. The quantitative estimate of drug-likeness (QED) is 0.545. The number of aryl methyl sites for hydroxylation is 1. The Kier molecular flexibility index (Phi) is 4.56. The SMILES string of the molecule is CCc1nc2sc([C@@H](c3ccc(F)cc3)[NH+]3CCc4ccccc4C3)c(O)n2n1. The highest BCUT2D eigenvalue weighted by Gasteiger charge is 2.34. The predicted octanol–water partition coefficient (Wildman–Crippen LogP) is 2.93. The number of aromatic hydroxyl groups is 1. The van der Waals surface area contributed by atoms with Gasteiger partial charge in [0.1, 0.15) is 17.2 Å². The number of nitrogens with one attached hydrogen (secondary N) is 1. The first-order chi connectivity index (χ1) is 14.1. The van der Waals surface area contributed by atoms with Crippen molar-refractivity contribution in [2.75, 3.05) is 6.54 Å². The van der Waals surface area contributed by atoms with Crippen LogP contribution in [0.5, 0.6) is 5.88 Å². The van der Waals surface area contributed by atoms with E-state index in [0.717, 1.165) is 42.2 Å². The summed E-state index contributed by atoms with van der Waals surface area (Å²) in [6, 6.07) is 15.0. The summed E-state index contributed by atoms with van der Waals surface area (Å²) in [5, 5.41) is 15.4. The molecule has 2 N–H and O–H groups in total. The van der Waals surface area contributed by atoms with Gasteiger partial charge in [-0.15, -0.1) is 5.10 Å². The van der Waals surface area contributed by atoms with Crippen LogP contribution in [0.15, 0.2) is 48.5 Å². The Morgan fingerprint density at radius 3 is 2.66 bits per heavy atom. The third kappa shape index (κ3) is 3.20. The first-order valence-corrected chi connectivity index (χ1v) is 10.7. The van der Waals surface area contributed by atoms with Gasteiger partial charge in [-0.1, -0.05) is 42.5 Å². The number of aromatic nitrogens is 3. The van der Waals surface area contributed by atoms with Crippen LogP contribution in [0, 0.1) is 5.82 Å². The van der Waals surface area contributed by atoms with Crippen molar-refractivity contribution >= 4 is 16.3 Å². The van der Waals surface area contributed by atoms with Crippen molar-refractivity contribution in [3.8, 4) is 5.88 Å². The molecule has 4 aromatic rings. The maximum Gasteiger partial charge on any atom is 0.235 e. The highest BCUT2D eigenvalue weighted by molar-refractivity contribution is 7.17. The van der Waals surface area contributed by atoms with Gasteiger partial charge in [0.25, 0.3) is 0 Å². The molecule has 0 radical (unpaired) electrons. The van der Waals surface area contributed by atoms with Crippen LogP contribution >= 0.6 is 11.3 Å². The molecule has 29 heavy (non-hydrogen) atoms. The van der Waals surface area contributed by atoms with Gasteiger partial charge in [0, 0.05) is 24.0 Å². The molecule has 1 aliphatic rings. The summed E-state index contributed by atoms with van der Waals surface area (Å²) in [4.78, 5) is 7.37. The monoisotopic (exact) mass is 409 g/mol. The summed E-state index contributed by atoms with van der Waals surface area (Å²) < 4.78 is 15.1. The van der Waals surface area contributed by atoms with Crippen LogP contribution < -0.4 is 4.90 Å². The fourth-order valence-electron chi connectivity index (χ4n) is 4.20. The largest absolute Gasteiger partial charge is 0.492 e. The lowest BCUT2D eigenvalue weighted by Gasteiger charge is -2.32. The number of quaternary nitrogens is 1. The molecule has 0 fully saturated rings. The molecule has 1 aliphatic heterocycles. The van der Waals surface area contributed by atoms with E-state index in [9.17, 15) is 9.50 Å². The first kappa shape index (κ1) is 18.3. The van der Waals surface area contributed by atoms with Crippen molar-refractivity contribution in [2.24, 2.45) is 0 Å². The Balaban J connectivity index is 1.61. The minimum Gasteiger partial charge on any atom is -0.492 e. The maximum absolute atomic E-state index is 13.6. The van der Waals surface area contributed by atoms with Crippen molar-refractivity contribution in [1.82, 2.24) is 14.6 Å². The topological polar surface area (TPSA) is 54.9 Å². The fourth-order valence-corrected chi connectivity index (χ4v) is 5.36. The molecule has 1 unspecified atom stereocenters. The van der Waals surface area contributed by atoms with Crippen LogP contribution in [0.25, 0.3) is 4.96 Å². The molecule has 2 aromatic carbocycles. The average molecular weight is 410 g/mol. The van der Waals surface area contributed by atoms with Crippen LogP contribution in [-0.4, -0.2) is 26.2 Å². The summed E-state index contributed by atoms with van der Waals surface area (Å²) in [5.74, 6) is 0.597. The van der Waals surface area contributed by atoms with Gasteiger partial charge in [0.05, 0.1) is 6.54 Å². The molecule has 2 aromatic heterocycles. The molecule has 0 spiro atoms. The Hall–Kier alpha value is -2.77. The second-order valence-electron chi connectivity index (χ2n) is 7.45. The van der Waals surface area contributed by atoms with E-state index < -0.39 is 0 Å². The van der Waals surface area contributed by atoms with Gasteiger partial charge in [-0.2, -0.15) is 4.52 Å². The fraction of sp³-hybridized carbons (Fsp3) is 0.273. The Bertz CT molecular complexity index is 1170. The molecule has 3 heterocycles. The highest BCUT2D eigenvalue weighted by Crippen LogP contribution is 2.35. The molecule has 0 saturated carbocycles. The number of benzene rings is 2. The van der Waals surface area contributed by atoms with Gasteiger partial charge in [0.2, 0.25) is 10.8 Å². The summed E-state index contributed by atoms with van der Waals surface area (Å²) >= 11 is 1.47. The van der Waals surface area contributed by atoms with E-state index in [1.807, 2.05) is 19.1 Å². The van der Waals surface area contributed by atoms with Gasteiger partial charge in [-0.3, -0.25) is 0 Å². The van der Waals surface area contributed by atoms with Crippen molar-refractivity contribution < 1.29 is 14.4 Å². The van der Waals surface area contributed by atoms with E-state index >= 15 is 0 Å². The number of hydrogen-bond acceptors (Lipinski definition) is 4. The summed E-state index contributed by atoms with van der Waals surface area (Å²) in [5.41, 5.74) is 3.69. The van der Waals surface area contributed by atoms with Gasteiger partial charge < -0.3 is 10.0 Å². The van der Waals surface area contributed by atoms with Crippen LogP contribution in [0.1, 0.15) is 40.4 Å². The van der Waals surface area contributed by atoms with E-state index in [1.165, 1.54) is 44.0 Å². The molecular formula is C22H22FN4OS+. The summed E-state index contributed by atoms with van der Waals surface area (Å²) in [6.07, 6.45) is 1.70. The zero-order valence-corrected chi connectivity index (χ0v) is 16.9. The molecule has 148 valence electrons. The lowest BCUT2D eigenvalue weighted by Crippen LogP contribution is -3.12. The highest BCUT2D eigenvalue weighted by atomic mass is 32.1. The molecule has 0 saturated heterocycles. The van der Waals surface area contributed by atoms with Gasteiger partial charge in [-0.05, 0) is 29.8 Å². The van der Waals surface area contributed by atoms with E-state index in [2.05, 4.69) is 34.3 Å². The Morgan fingerprint density at radius 1 is 1.17 bits per heavy atom. The second kappa shape index (κ2) is 7.24. The number of thiazole rings is 1. The standard InChI is InChI=1S/C22H21FN4OS/c1-2-18-24-22-27(25-18)21(28)20(29-22)19(15-7-9-17(23)10-8-15)26-12-11-14-5-3-4-6-16(14)13-26/h3-10,19,28H,2,11-13H2,1H3/p+1/t19-/m1/s1. The molecule has 0 amide bonds. The molecule has 0 aliphatic carbocycles. The van der Waals surface area contributed by atoms with E-state index in [4.69, 9.17) is 0 Å². The average Bonchev–Trinajstić information content (AvgIpc) is 3.29. The van der Waals surface area contributed by atoms with Crippen molar-refractivity contribution in [2.45, 2.75) is 32.4 Å². The van der Waals surface area contributed by atoms with Crippen molar-refractivity contribution in [3.05, 3.63) is 81.7 Å². The number of hydrogen-bond donors (Lipinski definition) is 2. The summed E-state index contributed by atoms with van der Waals surface area (Å²) in [6.45, 7) is 3.78. The van der Waals surface area contributed by atoms with Crippen LogP contribution in [-0.2, 0) is 19.4 Å². The number of halogens is 1. The lowest BCUT2D eigenvalue weighted by atomic mass is 9.96. The second-order valence-corrected chi connectivity index (χ2v) is 8.46. The van der Waals surface area contributed by atoms with E-state index in [1.54, 1.807) is 0 Å². The van der Waals surface area contributed by atoms with Gasteiger partial charge in [0.15, 0.2) is 11.9 Å². The number of nitrogens with zero attached hydrogens (tertiary/aromatic N) is 3. The lowest BCUT2D eigenvalue weighted by molar-refractivity contribution is -0.940. The summed E-state index contributed by atoms with van der Waals surface area (Å²) in [7, 11) is 0. The number of fused-ring (bicyclic) bond motifs is 2. The van der Waals surface area contributed by atoms with Gasteiger partial charge in [-0.25, -0.2) is 9.37 Å². The minimum atomic E-state index is -0.258. The van der Waals surface area contributed by atoms with Crippen LogP contribution in [0.2, 0.25) is 0 Å². The smallest absolute Gasteiger partial charge is 0.235 e. The molecule has 0 bridgehead atoms. The van der Waals surface area contributed by atoms with Crippen LogP contribution in [0.4, 0.5) is 4.39 Å². The maximum atomic E-state index is 13.6. The molecule has 5 rings (SSSR count). The van der Waals surface area contributed by atoms with Crippen LogP contribution in [0.3, 0.4) is 0 Å². The normalized spacial score (nSPS) is 17.4. The zero-order chi connectivity index (χ0) is 20.0. The van der Waals surface area contributed by atoms with Crippen molar-refractivity contribution in [1.29, 1.82) is 0 Å². The molecule has 7 heteroatoms. The van der Waals surface area contributed by atoms with E-state index in [-0.39, 0.29) is 17.7 Å². The Morgan fingerprint density at radius 2 is 1.93 bits per heavy atom. The predicted molar refractivity (Wildman–Crippen MR) is 110 cm³/mol. The first-order valence-electron chi connectivity index (χ1n) is 9.88. The Labute approximate surface area is 172 Å². The molecular weight excluding hydrogens is 387 g/mol. The third-order valence-electron chi connectivity index (χ3n) is 5.68. The molecule has 5 nitrogen and oxygen atoms in total. The number of rotatable bonds is 4. The van der Waals surface area contributed by atoms with Gasteiger partial charge >= 0.3 is 0 Å².